The Morgan fingerprint density at radius 2 is 1.80 bits per heavy atom. The molecule has 1 atom stereocenters. The summed E-state index contributed by atoms with van der Waals surface area (Å²) in [6, 6.07) is 0. The first-order valence-corrected chi connectivity index (χ1v) is 5.67. The Morgan fingerprint density at radius 1 is 1.20 bits per heavy atom. The second-order valence-electron chi connectivity index (χ2n) is 3.92. The number of carboxylic acid groups (broad SMARTS) is 1. The van der Waals surface area contributed by atoms with Gasteiger partial charge in [-0.3, -0.25) is 0 Å². The minimum atomic E-state index is -1.03. The maximum atomic E-state index is 10.7. The minimum Gasteiger partial charge on any atom is -0.511 e. The van der Waals surface area contributed by atoms with Crippen molar-refractivity contribution in [3.8, 4) is 0 Å². The van der Waals surface area contributed by atoms with E-state index in [0.717, 1.165) is 32.1 Å². The number of allylic oxidation sites excluding steroid dienone is 1. The number of hydrogen-bond donors (Lipinski definition) is 2. The lowest BCUT2D eigenvalue weighted by Gasteiger charge is -2.15. The SMILES string of the molecule is CCCCCC(CC)/C(O)=C(/C)C(=O)O. The summed E-state index contributed by atoms with van der Waals surface area (Å²) in [5.41, 5.74) is 0.0818. The van der Waals surface area contributed by atoms with Crippen molar-refractivity contribution in [2.75, 3.05) is 0 Å². The van der Waals surface area contributed by atoms with Gasteiger partial charge in [-0.15, -0.1) is 0 Å². The van der Waals surface area contributed by atoms with Gasteiger partial charge in [0.25, 0.3) is 0 Å². The van der Waals surface area contributed by atoms with Crippen LogP contribution >= 0.6 is 0 Å². The minimum absolute atomic E-state index is 0.00708. The summed E-state index contributed by atoms with van der Waals surface area (Å²) < 4.78 is 0. The van der Waals surface area contributed by atoms with Crippen LogP contribution in [0.4, 0.5) is 0 Å². The zero-order valence-corrected chi connectivity index (χ0v) is 9.92. The number of aliphatic carboxylic acids is 1. The highest BCUT2D eigenvalue weighted by Crippen LogP contribution is 2.22. The smallest absolute Gasteiger partial charge is 0.334 e. The van der Waals surface area contributed by atoms with Crippen molar-refractivity contribution in [3.05, 3.63) is 11.3 Å². The highest BCUT2D eigenvalue weighted by atomic mass is 16.4. The quantitative estimate of drug-likeness (QED) is 0.387. The molecular weight excluding hydrogens is 192 g/mol. The first kappa shape index (κ1) is 14.0. The van der Waals surface area contributed by atoms with Crippen LogP contribution in [0.15, 0.2) is 11.3 Å². The number of unbranched alkanes of at least 4 members (excludes halogenated alkanes) is 2. The summed E-state index contributed by atoms with van der Waals surface area (Å²) in [4.78, 5) is 10.7. The molecule has 0 fully saturated rings. The normalized spacial score (nSPS) is 14.6. The van der Waals surface area contributed by atoms with Crippen LogP contribution in [0, 0.1) is 5.92 Å². The van der Waals surface area contributed by atoms with Gasteiger partial charge in [0.2, 0.25) is 0 Å². The highest BCUT2D eigenvalue weighted by molar-refractivity contribution is 5.86. The lowest BCUT2D eigenvalue weighted by molar-refractivity contribution is -0.132. The Labute approximate surface area is 91.8 Å². The average Bonchev–Trinajstić information content (AvgIpc) is 2.22. The van der Waals surface area contributed by atoms with Crippen LogP contribution in [0.3, 0.4) is 0 Å². The molecule has 0 radical (unpaired) electrons. The van der Waals surface area contributed by atoms with E-state index < -0.39 is 5.97 Å². The fourth-order valence-electron chi connectivity index (χ4n) is 1.59. The summed E-state index contributed by atoms with van der Waals surface area (Å²) in [6.45, 7) is 5.56. The largest absolute Gasteiger partial charge is 0.511 e. The molecule has 0 aromatic carbocycles. The zero-order valence-electron chi connectivity index (χ0n) is 9.92. The van der Waals surface area contributed by atoms with E-state index in [1.54, 1.807) is 0 Å². The number of carboxylic acids is 1. The fraction of sp³-hybridized carbons (Fsp3) is 0.750. The summed E-state index contributed by atoms with van der Waals surface area (Å²) in [5, 5.41) is 18.5. The van der Waals surface area contributed by atoms with E-state index in [4.69, 9.17) is 5.11 Å². The number of aliphatic hydroxyl groups is 1. The topological polar surface area (TPSA) is 57.5 Å². The van der Waals surface area contributed by atoms with E-state index in [0.29, 0.717) is 0 Å². The predicted molar refractivity (Wildman–Crippen MR) is 60.9 cm³/mol. The summed E-state index contributed by atoms with van der Waals surface area (Å²) in [5.74, 6) is -0.963. The molecule has 3 heteroatoms. The third kappa shape index (κ3) is 4.86. The maximum absolute atomic E-state index is 10.7. The van der Waals surface area contributed by atoms with Crippen LogP contribution in [0.25, 0.3) is 0 Å². The lowest BCUT2D eigenvalue weighted by atomic mass is 9.94. The fourth-order valence-corrected chi connectivity index (χ4v) is 1.59. The second-order valence-corrected chi connectivity index (χ2v) is 3.92. The van der Waals surface area contributed by atoms with Gasteiger partial charge in [-0.1, -0.05) is 33.1 Å². The van der Waals surface area contributed by atoms with Gasteiger partial charge in [0.1, 0.15) is 5.76 Å². The third-order valence-corrected chi connectivity index (χ3v) is 2.74. The predicted octanol–water partition coefficient (Wildman–Crippen LogP) is 3.51. The molecule has 0 rings (SSSR count). The Bertz CT molecular complexity index is 231. The molecule has 1 unspecified atom stereocenters. The number of hydrogen-bond acceptors (Lipinski definition) is 2. The van der Waals surface area contributed by atoms with Crippen LogP contribution in [-0.4, -0.2) is 16.2 Å². The molecule has 0 amide bonds. The zero-order chi connectivity index (χ0) is 11.8. The van der Waals surface area contributed by atoms with Crippen molar-refractivity contribution < 1.29 is 15.0 Å². The van der Waals surface area contributed by atoms with Gasteiger partial charge in [0, 0.05) is 5.92 Å². The first-order valence-electron chi connectivity index (χ1n) is 5.67. The molecule has 0 saturated carbocycles. The Hall–Kier alpha value is -0.990. The van der Waals surface area contributed by atoms with Crippen molar-refractivity contribution >= 4 is 5.97 Å². The van der Waals surface area contributed by atoms with Crippen LogP contribution in [0.5, 0.6) is 0 Å². The maximum Gasteiger partial charge on any atom is 0.334 e. The van der Waals surface area contributed by atoms with Crippen molar-refractivity contribution in [2.45, 2.75) is 52.9 Å². The first-order chi connectivity index (χ1) is 7.04. The van der Waals surface area contributed by atoms with Gasteiger partial charge >= 0.3 is 5.97 Å². The number of carbonyl (C=O) groups is 1. The highest BCUT2D eigenvalue weighted by Gasteiger charge is 2.17. The van der Waals surface area contributed by atoms with E-state index in [-0.39, 0.29) is 17.3 Å². The Morgan fingerprint density at radius 3 is 2.20 bits per heavy atom. The molecule has 0 heterocycles. The molecular formula is C12H22O3. The van der Waals surface area contributed by atoms with E-state index in [1.165, 1.54) is 6.92 Å². The molecule has 0 aliphatic heterocycles. The third-order valence-electron chi connectivity index (χ3n) is 2.74. The Kier molecular flexibility index (Phi) is 6.84. The van der Waals surface area contributed by atoms with Crippen LogP contribution < -0.4 is 0 Å². The van der Waals surface area contributed by atoms with E-state index >= 15 is 0 Å². The molecule has 0 aliphatic carbocycles. The molecule has 15 heavy (non-hydrogen) atoms. The Balaban J connectivity index is 4.39. The number of aliphatic hydroxyl groups excluding tert-OH is 1. The van der Waals surface area contributed by atoms with Crippen molar-refractivity contribution in [1.29, 1.82) is 0 Å². The molecule has 3 nitrogen and oxygen atoms in total. The number of rotatable bonds is 7. The van der Waals surface area contributed by atoms with Crippen LogP contribution in [0.2, 0.25) is 0 Å². The molecule has 88 valence electrons. The van der Waals surface area contributed by atoms with E-state index in [9.17, 15) is 9.90 Å². The molecule has 0 aliphatic rings. The molecule has 0 bridgehead atoms. The van der Waals surface area contributed by atoms with Gasteiger partial charge in [0.05, 0.1) is 5.57 Å². The van der Waals surface area contributed by atoms with E-state index in [2.05, 4.69) is 6.92 Å². The summed E-state index contributed by atoms with van der Waals surface area (Å²) >= 11 is 0. The van der Waals surface area contributed by atoms with Crippen molar-refractivity contribution in [1.82, 2.24) is 0 Å². The average molecular weight is 214 g/mol. The van der Waals surface area contributed by atoms with Crippen LogP contribution in [-0.2, 0) is 4.79 Å². The molecule has 2 N–H and O–H groups in total. The molecule has 0 aromatic rings. The van der Waals surface area contributed by atoms with Crippen molar-refractivity contribution in [2.24, 2.45) is 5.92 Å². The van der Waals surface area contributed by atoms with Crippen LogP contribution in [0.1, 0.15) is 52.9 Å². The van der Waals surface area contributed by atoms with E-state index in [1.807, 2.05) is 6.92 Å². The van der Waals surface area contributed by atoms with Gasteiger partial charge in [-0.05, 0) is 19.8 Å². The molecule has 0 saturated heterocycles. The van der Waals surface area contributed by atoms with Gasteiger partial charge in [-0.25, -0.2) is 4.79 Å². The summed E-state index contributed by atoms with van der Waals surface area (Å²) in [6.07, 6.45) is 4.99. The van der Waals surface area contributed by atoms with Crippen molar-refractivity contribution in [3.63, 3.8) is 0 Å². The standard InChI is InChI=1S/C12H22O3/c1-4-6-7-8-10(5-2)11(13)9(3)12(14)15/h10,13H,4-8H2,1-3H3,(H,14,15)/b11-9+. The second kappa shape index (κ2) is 7.32. The molecule has 0 aromatic heterocycles. The monoisotopic (exact) mass is 214 g/mol. The van der Waals surface area contributed by atoms with Gasteiger partial charge in [-0.2, -0.15) is 0 Å². The van der Waals surface area contributed by atoms with Gasteiger partial charge in [0.15, 0.2) is 0 Å². The van der Waals surface area contributed by atoms with Gasteiger partial charge < -0.3 is 10.2 Å². The molecule has 0 spiro atoms. The lowest BCUT2D eigenvalue weighted by Crippen LogP contribution is -2.09. The summed E-state index contributed by atoms with van der Waals surface area (Å²) in [7, 11) is 0.